The number of rotatable bonds is 34. The Hall–Kier alpha value is -1.52. The van der Waals surface area contributed by atoms with Crippen molar-refractivity contribution in [3.05, 3.63) is 24.3 Å². The van der Waals surface area contributed by atoms with E-state index in [2.05, 4.69) is 19.9 Å². The smallest absolute Gasteiger partial charge is 0.331 e. The van der Waals surface area contributed by atoms with Crippen molar-refractivity contribution < 1.29 is 19.1 Å². The minimum atomic E-state index is -0.613. The van der Waals surface area contributed by atoms with E-state index in [4.69, 9.17) is 17.3 Å². The fourth-order valence-corrected chi connectivity index (χ4v) is 5.49. The lowest BCUT2D eigenvalue weighted by Gasteiger charge is -2.15. The van der Waals surface area contributed by atoms with E-state index in [-0.39, 0.29) is 18.9 Å². The van der Waals surface area contributed by atoms with Gasteiger partial charge >= 0.3 is 11.9 Å². The molecule has 0 aliphatic heterocycles. The minimum absolute atomic E-state index is 0.0162. The van der Waals surface area contributed by atoms with Gasteiger partial charge in [-0.1, -0.05) is 186 Å². The molecule has 0 aromatic heterocycles. The molecular weight excluding hydrogens is 543 g/mol. The number of unbranched alkanes of at least 4 members (excludes halogenated alkanes) is 25. The van der Waals surface area contributed by atoms with Crippen molar-refractivity contribution in [1.29, 1.82) is 0 Å². The highest BCUT2D eigenvalue weighted by Gasteiger charge is 2.13. The monoisotopic (exact) mass is 615 g/mol. The van der Waals surface area contributed by atoms with Crippen LogP contribution in [0.3, 0.4) is 0 Å². The molecule has 0 unspecified atom stereocenters. The molecule has 0 aromatic rings. The predicted molar refractivity (Wildman–Crippen MR) is 190 cm³/mol. The summed E-state index contributed by atoms with van der Waals surface area (Å²) < 4.78 is 10.7. The molecule has 5 heteroatoms. The number of carbonyl (C=O) groups is 2. The van der Waals surface area contributed by atoms with E-state index in [1.54, 1.807) is 6.08 Å². The normalized spacial score (nSPS) is 12.3. The number of allylic oxidation sites excluding steroid dienone is 3. The van der Waals surface area contributed by atoms with Crippen molar-refractivity contribution in [2.75, 3.05) is 6.61 Å². The number of esters is 2. The van der Waals surface area contributed by atoms with Crippen LogP contribution in [0.1, 0.15) is 194 Å². The summed E-state index contributed by atoms with van der Waals surface area (Å²) in [6, 6.07) is 0. The van der Waals surface area contributed by atoms with Crippen molar-refractivity contribution in [2.45, 2.75) is 206 Å². The molecule has 2 radical (unpaired) electrons. The van der Waals surface area contributed by atoms with Crippen LogP contribution in [0.5, 0.6) is 0 Å². The Morgan fingerprint density at radius 3 is 1.41 bits per heavy atom. The zero-order valence-electron chi connectivity index (χ0n) is 29.3. The Morgan fingerprint density at radius 2 is 0.977 bits per heavy atom. The van der Waals surface area contributed by atoms with E-state index in [1.807, 2.05) is 6.08 Å². The number of ether oxygens (including phenoxy) is 2. The van der Waals surface area contributed by atoms with Crippen LogP contribution >= 0.6 is 0 Å². The van der Waals surface area contributed by atoms with Crippen molar-refractivity contribution in [3.8, 4) is 0 Å². The van der Waals surface area contributed by atoms with E-state index in [9.17, 15) is 9.59 Å². The maximum Gasteiger partial charge on any atom is 0.331 e. The highest BCUT2D eigenvalue weighted by atomic mass is 16.6. The average Bonchev–Trinajstić information content (AvgIpc) is 3.02. The average molecular weight is 615 g/mol. The summed E-state index contributed by atoms with van der Waals surface area (Å²) in [5.74, 6) is -0.701. The van der Waals surface area contributed by atoms with Gasteiger partial charge in [-0.3, -0.25) is 4.79 Å². The van der Waals surface area contributed by atoms with Crippen LogP contribution in [0, 0.1) is 0 Å². The lowest BCUT2D eigenvalue weighted by molar-refractivity contribution is -0.154. The van der Waals surface area contributed by atoms with Crippen molar-refractivity contribution in [3.63, 3.8) is 0 Å². The molecule has 254 valence electrons. The summed E-state index contributed by atoms with van der Waals surface area (Å²) in [4.78, 5) is 24.2. The summed E-state index contributed by atoms with van der Waals surface area (Å²) in [6.07, 6.45) is 42.3. The quantitative estimate of drug-likeness (QED) is 0.0238. The Bertz CT molecular complexity index is 675. The predicted octanol–water partition coefficient (Wildman–Crippen LogP) is 12.1. The summed E-state index contributed by atoms with van der Waals surface area (Å²) in [5.41, 5.74) is 0. The third-order valence-electron chi connectivity index (χ3n) is 8.41. The molecule has 0 rings (SSSR count). The Kier molecular flexibility index (Phi) is 34.7. The molecule has 0 bridgehead atoms. The third kappa shape index (κ3) is 33.4. The van der Waals surface area contributed by atoms with E-state index in [1.165, 1.54) is 160 Å². The van der Waals surface area contributed by atoms with E-state index in [0.29, 0.717) is 6.42 Å². The van der Waals surface area contributed by atoms with Crippen LogP contribution in [0.4, 0.5) is 0 Å². The zero-order valence-corrected chi connectivity index (χ0v) is 29.3. The van der Waals surface area contributed by atoms with Crippen LogP contribution in [-0.2, 0) is 19.1 Å². The number of carbonyl (C=O) groups excluding carboxylic acids is 2. The van der Waals surface area contributed by atoms with Crippen LogP contribution in [0.15, 0.2) is 24.3 Å². The second kappa shape index (κ2) is 36.0. The van der Waals surface area contributed by atoms with Gasteiger partial charge in [0.1, 0.15) is 12.7 Å². The first kappa shape index (κ1) is 42.5. The first-order chi connectivity index (χ1) is 21.6. The summed E-state index contributed by atoms with van der Waals surface area (Å²) in [7, 11) is 5.72. The first-order valence-corrected chi connectivity index (χ1v) is 19.0. The Labute approximate surface area is 275 Å². The van der Waals surface area contributed by atoms with Gasteiger partial charge in [0.15, 0.2) is 0 Å². The SMILES string of the molecule is [B]C[C@@H](COC(=O)CCCCCCCCCCCCCCCCC)OC(=O)/C=C/C=C/CCCCCCCCCCCCC. The van der Waals surface area contributed by atoms with Gasteiger partial charge in [0.05, 0.1) is 7.85 Å². The fraction of sp³-hybridized carbons (Fsp3) is 0.846. The lowest BCUT2D eigenvalue weighted by Crippen LogP contribution is -2.24. The minimum Gasteiger partial charge on any atom is -0.462 e. The van der Waals surface area contributed by atoms with Crippen molar-refractivity contribution in [1.82, 2.24) is 0 Å². The molecule has 0 saturated heterocycles. The molecule has 0 aromatic carbocycles. The van der Waals surface area contributed by atoms with E-state index >= 15 is 0 Å². The molecule has 4 nitrogen and oxygen atoms in total. The van der Waals surface area contributed by atoms with Crippen LogP contribution in [-0.4, -0.2) is 32.5 Å². The molecule has 0 amide bonds. The molecule has 0 aliphatic rings. The third-order valence-corrected chi connectivity index (χ3v) is 8.41. The van der Waals surface area contributed by atoms with Crippen molar-refractivity contribution in [2.24, 2.45) is 0 Å². The van der Waals surface area contributed by atoms with Crippen LogP contribution in [0.25, 0.3) is 0 Å². The van der Waals surface area contributed by atoms with Crippen molar-refractivity contribution >= 4 is 19.8 Å². The molecule has 44 heavy (non-hydrogen) atoms. The molecule has 1 atom stereocenters. The van der Waals surface area contributed by atoms with Gasteiger partial charge in [0.2, 0.25) is 0 Å². The van der Waals surface area contributed by atoms with Gasteiger partial charge in [-0.2, -0.15) is 0 Å². The fourth-order valence-electron chi connectivity index (χ4n) is 5.49. The number of hydrogen-bond donors (Lipinski definition) is 0. The molecule has 0 aliphatic carbocycles. The Balaban J connectivity index is 3.63. The highest BCUT2D eigenvalue weighted by molar-refractivity contribution is 6.09. The second-order valence-corrected chi connectivity index (χ2v) is 12.8. The lowest BCUT2D eigenvalue weighted by atomic mass is 10.00. The van der Waals surface area contributed by atoms with Gasteiger partial charge < -0.3 is 9.47 Å². The maximum atomic E-state index is 12.1. The maximum absolute atomic E-state index is 12.1. The summed E-state index contributed by atoms with van der Waals surface area (Å²) in [5, 5.41) is 0. The largest absolute Gasteiger partial charge is 0.462 e. The van der Waals surface area contributed by atoms with E-state index < -0.39 is 12.1 Å². The number of hydrogen-bond acceptors (Lipinski definition) is 4. The molecule has 0 heterocycles. The summed E-state index contributed by atoms with van der Waals surface area (Å²) in [6.45, 7) is 4.55. The second-order valence-electron chi connectivity index (χ2n) is 12.8. The Morgan fingerprint density at radius 1 is 0.568 bits per heavy atom. The first-order valence-electron chi connectivity index (χ1n) is 19.0. The molecule has 0 spiro atoms. The van der Waals surface area contributed by atoms with Crippen LogP contribution < -0.4 is 0 Å². The molecule has 0 fully saturated rings. The van der Waals surface area contributed by atoms with Gasteiger partial charge in [-0.15, -0.1) is 0 Å². The molecule has 0 saturated carbocycles. The van der Waals surface area contributed by atoms with Gasteiger partial charge in [0.25, 0.3) is 0 Å². The van der Waals surface area contributed by atoms with E-state index in [0.717, 1.165) is 19.3 Å². The highest BCUT2D eigenvalue weighted by Crippen LogP contribution is 2.15. The molecule has 0 N–H and O–H groups in total. The topological polar surface area (TPSA) is 52.6 Å². The summed E-state index contributed by atoms with van der Waals surface area (Å²) >= 11 is 0. The van der Waals surface area contributed by atoms with Gasteiger partial charge in [-0.05, 0) is 25.6 Å². The van der Waals surface area contributed by atoms with Crippen LogP contribution in [0.2, 0.25) is 6.32 Å². The van der Waals surface area contributed by atoms with Gasteiger partial charge in [0, 0.05) is 12.5 Å². The van der Waals surface area contributed by atoms with Gasteiger partial charge in [-0.25, -0.2) is 4.79 Å². The standard InChI is InChI=1S/C39H71BO4/c1-3-5-7-9-11-13-15-17-19-21-23-25-27-29-31-33-38(41)43-36-37(35-40)44-39(42)34-32-30-28-26-24-22-20-18-16-14-12-10-8-6-4-2/h28,30,32,34,37H,3-27,29,31,33,35-36H2,1-2H3/b30-28+,34-32+/t37-/m0/s1. The molecular formula is C39H71BO4. The zero-order chi connectivity index (χ0) is 32.2.